The van der Waals surface area contributed by atoms with E-state index in [4.69, 9.17) is 17.0 Å². The predicted octanol–water partition coefficient (Wildman–Crippen LogP) is 2.76. The van der Waals surface area contributed by atoms with Gasteiger partial charge in [0.2, 0.25) is 0 Å². The van der Waals surface area contributed by atoms with Gasteiger partial charge in [0, 0.05) is 43.4 Å². The highest BCUT2D eigenvalue weighted by Crippen LogP contribution is 2.36. The maximum atomic E-state index is 12.2. The van der Waals surface area contributed by atoms with Gasteiger partial charge in [-0.25, -0.2) is 0 Å². The standard InChI is InChI=1S/C20H23N4O4S/c1-2-28-15-6-7-16(18(9-15)24(26)27)21-20(29)22-10-13-8-14(12-22)17-4-3-5-19(25)23(17)11-13/h3-7,9,13-14,26H,2,8,10-12H2,1H3,(H,21,29)/q-1/t13-,14?/m1/s1. The molecular formula is C20H23N4O4S-. The molecule has 1 aromatic heterocycles. The minimum atomic E-state index is -0.193. The molecule has 4 rings (SSSR count). The van der Waals surface area contributed by atoms with Gasteiger partial charge in [-0.05, 0) is 49.7 Å². The number of likely N-dealkylation sites (tertiary alicyclic amines) is 1. The highest BCUT2D eigenvalue weighted by Gasteiger charge is 2.35. The molecule has 0 amide bonds. The van der Waals surface area contributed by atoms with Crippen molar-refractivity contribution in [3.05, 3.63) is 57.7 Å². The number of hydrogen-bond donors (Lipinski definition) is 2. The molecule has 8 nitrogen and oxygen atoms in total. The summed E-state index contributed by atoms with van der Waals surface area (Å²) in [6.07, 6.45) is 1.03. The summed E-state index contributed by atoms with van der Waals surface area (Å²) in [6.45, 7) is 4.41. The molecule has 0 saturated carbocycles. The summed E-state index contributed by atoms with van der Waals surface area (Å²) in [6, 6.07) is 10.3. The first-order valence-corrected chi connectivity index (χ1v) is 10.1. The van der Waals surface area contributed by atoms with Gasteiger partial charge < -0.3 is 30.0 Å². The van der Waals surface area contributed by atoms with Crippen LogP contribution in [0, 0.1) is 11.1 Å². The molecule has 0 spiro atoms. The molecule has 9 heteroatoms. The fourth-order valence-electron chi connectivity index (χ4n) is 4.29. The molecule has 2 aliphatic rings. The first kappa shape index (κ1) is 19.7. The lowest BCUT2D eigenvalue weighted by Crippen LogP contribution is -2.50. The largest absolute Gasteiger partial charge is 0.733 e. The van der Waals surface area contributed by atoms with Crippen LogP contribution in [0.5, 0.6) is 5.75 Å². The summed E-state index contributed by atoms with van der Waals surface area (Å²) in [5.41, 5.74) is 1.53. The Balaban J connectivity index is 1.52. The van der Waals surface area contributed by atoms with E-state index >= 15 is 0 Å². The molecule has 154 valence electrons. The minimum Gasteiger partial charge on any atom is -0.733 e. The topological polar surface area (TPSA) is 93.0 Å². The number of fused-ring (bicyclic) bond motifs is 4. The number of rotatable bonds is 4. The molecule has 1 aromatic carbocycles. The van der Waals surface area contributed by atoms with Crippen LogP contribution in [-0.4, -0.2) is 39.5 Å². The van der Waals surface area contributed by atoms with Gasteiger partial charge in [0.1, 0.15) is 5.75 Å². The summed E-state index contributed by atoms with van der Waals surface area (Å²) < 4.78 is 7.26. The van der Waals surface area contributed by atoms with Crippen molar-refractivity contribution in [2.45, 2.75) is 25.8 Å². The van der Waals surface area contributed by atoms with Crippen LogP contribution >= 0.6 is 12.2 Å². The number of thiocarbonyl (C=S) groups is 1. The molecule has 2 bridgehead atoms. The van der Waals surface area contributed by atoms with E-state index in [0.717, 1.165) is 18.7 Å². The van der Waals surface area contributed by atoms with Gasteiger partial charge in [0.05, 0.1) is 18.0 Å². The van der Waals surface area contributed by atoms with Gasteiger partial charge >= 0.3 is 0 Å². The van der Waals surface area contributed by atoms with Crippen molar-refractivity contribution < 1.29 is 9.94 Å². The lowest BCUT2D eigenvalue weighted by Gasteiger charge is -2.43. The third-order valence-corrected chi connectivity index (χ3v) is 5.86. The zero-order valence-electron chi connectivity index (χ0n) is 16.1. The van der Waals surface area contributed by atoms with Gasteiger partial charge in [0.15, 0.2) is 5.11 Å². The van der Waals surface area contributed by atoms with Crippen molar-refractivity contribution >= 4 is 28.7 Å². The Labute approximate surface area is 173 Å². The van der Waals surface area contributed by atoms with Gasteiger partial charge in [-0.1, -0.05) is 6.07 Å². The van der Waals surface area contributed by atoms with E-state index in [2.05, 4.69) is 10.2 Å². The van der Waals surface area contributed by atoms with E-state index in [-0.39, 0.29) is 22.4 Å². The fourth-order valence-corrected chi connectivity index (χ4v) is 4.55. The van der Waals surface area contributed by atoms with E-state index < -0.39 is 0 Å². The van der Waals surface area contributed by atoms with Crippen LogP contribution in [0.2, 0.25) is 0 Å². The normalized spacial score (nSPS) is 20.0. The lowest BCUT2D eigenvalue weighted by molar-refractivity contribution is 0.180. The average Bonchev–Trinajstić information content (AvgIpc) is 2.70. The SMILES string of the molecule is CCOc1ccc(NC(=S)N2CC3C[C@H](C2)Cn2c3cccc2=O)c(N([O-])O)c1. The van der Waals surface area contributed by atoms with Crippen molar-refractivity contribution in [2.75, 3.05) is 30.2 Å². The Morgan fingerprint density at radius 1 is 1.34 bits per heavy atom. The molecule has 29 heavy (non-hydrogen) atoms. The summed E-state index contributed by atoms with van der Waals surface area (Å²) in [7, 11) is 0. The fraction of sp³-hybridized carbons (Fsp3) is 0.400. The smallest absolute Gasteiger partial charge is 0.250 e. The molecule has 2 atom stereocenters. The monoisotopic (exact) mass is 415 g/mol. The molecule has 2 N–H and O–H groups in total. The summed E-state index contributed by atoms with van der Waals surface area (Å²) in [4.78, 5) is 14.2. The Morgan fingerprint density at radius 3 is 2.93 bits per heavy atom. The number of anilines is 2. The number of nitrogens with one attached hydrogen (secondary N) is 1. The molecule has 0 aliphatic carbocycles. The van der Waals surface area contributed by atoms with Crippen LogP contribution in [0.4, 0.5) is 11.4 Å². The maximum Gasteiger partial charge on any atom is 0.250 e. The molecule has 2 aliphatic heterocycles. The predicted molar refractivity (Wildman–Crippen MR) is 115 cm³/mol. The molecule has 1 fully saturated rings. The van der Waals surface area contributed by atoms with Crippen LogP contribution in [-0.2, 0) is 6.54 Å². The Hall–Kier alpha value is -2.62. The second kappa shape index (κ2) is 8.02. The second-order valence-corrected chi connectivity index (χ2v) is 7.80. The van der Waals surface area contributed by atoms with Crippen LogP contribution in [0.3, 0.4) is 0 Å². The van der Waals surface area contributed by atoms with Crippen molar-refractivity contribution in [3.8, 4) is 5.75 Å². The van der Waals surface area contributed by atoms with E-state index in [1.165, 1.54) is 6.07 Å². The van der Waals surface area contributed by atoms with Crippen LogP contribution in [0.15, 0.2) is 41.2 Å². The summed E-state index contributed by atoms with van der Waals surface area (Å²) in [5.74, 6) is 1.04. The molecule has 2 aromatic rings. The van der Waals surface area contributed by atoms with Gasteiger partial charge in [-0.15, -0.1) is 0 Å². The van der Waals surface area contributed by atoms with Crippen molar-refractivity contribution in [2.24, 2.45) is 5.92 Å². The van der Waals surface area contributed by atoms with E-state index in [1.807, 2.05) is 17.6 Å². The number of hydrogen-bond acceptors (Lipinski definition) is 6. The summed E-state index contributed by atoms with van der Waals surface area (Å²) >= 11 is 5.60. The number of pyridine rings is 1. The zero-order chi connectivity index (χ0) is 20.5. The van der Waals surface area contributed by atoms with Crippen LogP contribution in [0.25, 0.3) is 0 Å². The van der Waals surface area contributed by atoms with Crippen molar-refractivity contribution in [1.82, 2.24) is 9.47 Å². The molecule has 1 saturated heterocycles. The first-order valence-electron chi connectivity index (χ1n) is 9.65. The van der Waals surface area contributed by atoms with Crippen LogP contribution in [0.1, 0.15) is 25.0 Å². The van der Waals surface area contributed by atoms with Gasteiger partial charge in [-0.3, -0.25) is 10.0 Å². The maximum absolute atomic E-state index is 12.2. The van der Waals surface area contributed by atoms with E-state index in [1.54, 1.807) is 24.3 Å². The summed E-state index contributed by atoms with van der Waals surface area (Å²) in [5, 5.41) is 24.5. The molecule has 0 radical (unpaired) electrons. The van der Waals surface area contributed by atoms with Crippen LogP contribution < -0.4 is 20.8 Å². The van der Waals surface area contributed by atoms with Crippen molar-refractivity contribution in [1.29, 1.82) is 0 Å². The van der Waals surface area contributed by atoms with E-state index in [0.29, 0.717) is 42.2 Å². The third-order valence-electron chi connectivity index (χ3n) is 5.49. The molecule has 3 heterocycles. The average molecular weight is 415 g/mol. The van der Waals surface area contributed by atoms with Gasteiger partial charge in [-0.2, -0.15) is 0 Å². The highest BCUT2D eigenvalue weighted by atomic mass is 32.1. The molecule has 1 unspecified atom stereocenters. The first-order chi connectivity index (χ1) is 14.0. The quantitative estimate of drug-likeness (QED) is 0.582. The highest BCUT2D eigenvalue weighted by molar-refractivity contribution is 7.80. The number of benzene rings is 1. The third kappa shape index (κ3) is 3.93. The van der Waals surface area contributed by atoms with Gasteiger partial charge in [0.25, 0.3) is 5.56 Å². The Bertz CT molecular complexity index is 977. The second-order valence-electron chi connectivity index (χ2n) is 7.42. The number of piperidine rings is 1. The minimum absolute atomic E-state index is 0.0346. The Morgan fingerprint density at radius 2 is 2.17 bits per heavy atom. The molecular weight excluding hydrogens is 392 g/mol. The number of nitrogens with zero attached hydrogens (tertiary/aromatic N) is 3. The van der Waals surface area contributed by atoms with E-state index in [9.17, 15) is 15.2 Å². The number of aromatic nitrogens is 1. The lowest BCUT2D eigenvalue weighted by atomic mass is 9.83. The van der Waals surface area contributed by atoms with Crippen molar-refractivity contribution in [3.63, 3.8) is 0 Å². The zero-order valence-corrected chi connectivity index (χ0v) is 16.9. The Kier molecular flexibility index (Phi) is 5.44. The number of ether oxygens (including phenoxy) is 1.